The second-order valence-corrected chi connectivity index (χ2v) is 5.34. The second kappa shape index (κ2) is 5.52. The summed E-state index contributed by atoms with van der Waals surface area (Å²) in [7, 11) is 3.75. The van der Waals surface area contributed by atoms with Crippen molar-refractivity contribution < 1.29 is 4.74 Å². The van der Waals surface area contributed by atoms with Gasteiger partial charge in [0.2, 0.25) is 0 Å². The summed E-state index contributed by atoms with van der Waals surface area (Å²) in [5.41, 5.74) is 3.62. The van der Waals surface area contributed by atoms with Crippen LogP contribution in [-0.4, -0.2) is 11.7 Å². The molecule has 1 unspecified atom stereocenters. The summed E-state index contributed by atoms with van der Waals surface area (Å²) >= 11 is 0. The molecule has 0 aliphatic carbocycles. The van der Waals surface area contributed by atoms with E-state index in [1.807, 2.05) is 12.1 Å². The molecule has 0 aliphatic heterocycles. The molecule has 0 radical (unpaired) electrons. The minimum atomic E-state index is 0.247. The van der Waals surface area contributed by atoms with Crippen LogP contribution in [0.5, 0.6) is 5.75 Å². The van der Waals surface area contributed by atoms with Gasteiger partial charge in [-0.05, 0) is 48.9 Å². The minimum absolute atomic E-state index is 0.247. The molecule has 1 heterocycles. The number of nitrogens with one attached hydrogen (secondary N) is 1. The van der Waals surface area contributed by atoms with Crippen LogP contribution in [0.25, 0.3) is 10.9 Å². The van der Waals surface area contributed by atoms with Crippen LogP contribution in [0.15, 0.2) is 54.7 Å². The van der Waals surface area contributed by atoms with E-state index in [0.717, 1.165) is 11.4 Å². The van der Waals surface area contributed by atoms with Crippen molar-refractivity contribution in [2.24, 2.45) is 7.05 Å². The summed E-state index contributed by atoms with van der Waals surface area (Å²) in [5, 5.41) is 4.80. The summed E-state index contributed by atoms with van der Waals surface area (Å²) in [6, 6.07) is 17.0. The maximum atomic E-state index is 5.19. The zero-order valence-electron chi connectivity index (χ0n) is 12.6. The predicted molar refractivity (Wildman–Crippen MR) is 88.0 cm³/mol. The van der Waals surface area contributed by atoms with E-state index in [1.54, 1.807) is 7.11 Å². The van der Waals surface area contributed by atoms with Crippen molar-refractivity contribution in [3.63, 3.8) is 0 Å². The minimum Gasteiger partial charge on any atom is -0.497 e. The number of ether oxygens (including phenoxy) is 1. The summed E-state index contributed by atoms with van der Waals surface area (Å²) in [6.07, 6.45) is 2.08. The Morgan fingerprint density at radius 3 is 2.52 bits per heavy atom. The van der Waals surface area contributed by atoms with E-state index in [-0.39, 0.29) is 6.04 Å². The molecule has 3 nitrogen and oxygen atoms in total. The Morgan fingerprint density at radius 2 is 1.81 bits per heavy atom. The van der Waals surface area contributed by atoms with E-state index in [2.05, 4.69) is 66.5 Å². The highest BCUT2D eigenvalue weighted by molar-refractivity contribution is 5.83. The summed E-state index contributed by atoms with van der Waals surface area (Å²) in [5.74, 6) is 0.886. The lowest BCUT2D eigenvalue weighted by Crippen LogP contribution is -2.06. The fourth-order valence-corrected chi connectivity index (χ4v) is 2.60. The van der Waals surface area contributed by atoms with Gasteiger partial charge in [0.1, 0.15) is 5.75 Å². The van der Waals surface area contributed by atoms with Gasteiger partial charge in [-0.15, -0.1) is 0 Å². The van der Waals surface area contributed by atoms with Crippen LogP contribution in [0, 0.1) is 0 Å². The SMILES string of the molecule is COc1ccc(C(C)Nc2ccc3c(ccn3C)c2)cc1. The number of methoxy groups -OCH3 is 1. The number of anilines is 1. The Bertz CT molecular complexity index is 744. The van der Waals surface area contributed by atoms with Gasteiger partial charge in [0, 0.05) is 35.9 Å². The van der Waals surface area contributed by atoms with E-state index < -0.39 is 0 Å². The molecule has 0 amide bonds. The quantitative estimate of drug-likeness (QED) is 0.768. The molecule has 0 fully saturated rings. The van der Waals surface area contributed by atoms with Crippen molar-refractivity contribution in [2.45, 2.75) is 13.0 Å². The molecule has 21 heavy (non-hydrogen) atoms. The average Bonchev–Trinajstić information content (AvgIpc) is 2.88. The number of hydrogen-bond acceptors (Lipinski definition) is 2. The Morgan fingerprint density at radius 1 is 1.05 bits per heavy atom. The van der Waals surface area contributed by atoms with E-state index >= 15 is 0 Å². The Kier molecular flexibility index (Phi) is 3.57. The summed E-state index contributed by atoms with van der Waals surface area (Å²) in [6.45, 7) is 2.16. The van der Waals surface area contributed by atoms with E-state index in [9.17, 15) is 0 Å². The molecular weight excluding hydrogens is 260 g/mol. The van der Waals surface area contributed by atoms with Gasteiger partial charge in [-0.1, -0.05) is 12.1 Å². The molecule has 0 aliphatic rings. The zero-order chi connectivity index (χ0) is 14.8. The normalized spacial score (nSPS) is 12.3. The highest BCUT2D eigenvalue weighted by Gasteiger charge is 2.06. The fraction of sp³-hybridized carbons (Fsp3) is 0.222. The number of fused-ring (bicyclic) bond motifs is 1. The third-order valence-corrected chi connectivity index (χ3v) is 3.88. The largest absolute Gasteiger partial charge is 0.497 e. The summed E-state index contributed by atoms with van der Waals surface area (Å²) in [4.78, 5) is 0. The molecule has 1 N–H and O–H groups in total. The van der Waals surface area contributed by atoms with Gasteiger partial charge >= 0.3 is 0 Å². The topological polar surface area (TPSA) is 26.2 Å². The molecule has 3 heteroatoms. The second-order valence-electron chi connectivity index (χ2n) is 5.34. The van der Waals surface area contributed by atoms with Crippen molar-refractivity contribution in [2.75, 3.05) is 12.4 Å². The summed E-state index contributed by atoms with van der Waals surface area (Å²) < 4.78 is 7.33. The number of nitrogens with zero attached hydrogens (tertiary/aromatic N) is 1. The van der Waals surface area contributed by atoms with Crippen molar-refractivity contribution in [1.29, 1.82) is 0 Å². The Labute approximate surface area is 125 Å². The van der Waals surface area contributed by atoms with E-state index in [0.29, 0.717) is 0 Å². The molecular formula is C18H20N2O. The van der Waals surface area contributed by atoms with Crippen molar-refractivity contribution in [3.8, 4) is 5.75 Å². The average molecular weight is 280 g/mol. The molecule has 1 aromatic heterocycles. The highest BCUT2D eigenvalue weighted by atomic mass is 16.5. The third kappa shape index (κ3) is 2.72. The van der Waals surface area contributed by atoms with Gasteiger partial charge in [-0.2, -0.15) is 0 Å². The van der Waals surface area contributed by atoms with Crippen LogP contribution in [0.2, 0.25) is 0 Å². The monoisotopic (exact) mass is 280 g/mol. The first kappa shape index (κ1) is 13.6. The van der Waals surface area contributed by atoms with E-state index in [1.165, 1.54) is 16.5 Å². The molecule has 0 spiro atoms. The van der Waals surface area contributed by atoms with Crippen LogP contribution >= 0.6 is 0 Å². The predicted octanol–water partition coefficient (Wildman–Crippen LogP) is 4.36. The number of benzene rings is 2. The van der Waals surface area contributed by atoms with Crippen LogP contribution in [-0.2, 0) is 7.05 Å². The number of rotatable bonds is 4. The third-order valence-electron chi connectivity index (χ3n) is 3.88. The van der Waals surface area contributed by atoms with Crippen LogP contribution in [0.4, 0.5) is 5.69 Å². The zero-order valence-corrected chi connectivity index (χ0v) is 12.6. The first-order chi connectivity index (χ1) is 10.2. The van der Waals surface area contributed by atoms with E-state index in [4.69, 9.17) is 4.74 Å². The van der Waals surface area contributed by atoms with Crippen molar-refractivity contribution in [3.05, 3.63) is 60.3 Å². The number of hydrogen-bond donors (Lipinski definition) is 1. The molecule has 3 aromatic rings. The van der Waals surface area contributed by atoms with Crippen LogP contribution in [0.1, 0.15) is 18.5 Å². The lowest BCUT2D eigenvalue weighted by molar-refractivity contribution is 0.414. The molecule has 108 valence electrons. The van der Waals surface area contributed by atoms with Gasteiger partial charge < -0.3 is 14.6 Å². The first-order valence-corrected chi connectivity index (χ1v) is 7.13. The Balaban J connectivity index is 1.79. The number of aromatic nitrogens is 1. The standard InChI is InChI=1S/C18H20N2O/c1-13(14-4-7-17(21-3)8-5-14)19-16-6-9-18-15(12-16)10-11-20(18)2/h4-13,19H,1-3H3. The van der Waals surface area contributed by atoms with Gasteiger partial charge in [0.05, 0.1) is 7.11 Å². The molecule has 2 aromatic carbocycles. The highest BCUT2D eigenvalue weighted by Crippen LogP contribution is 2.24. The lowest BCUT2D eigenvalue weighted by atomic mass is 10.1. The number of aryl methyl sites for hydroxylation is 1. The van der Waals surface area contributed by atoms with Gasteiger partial charge in [0.15, 0.2) is 0 Å². The molecule has 1 atom stereocenters. The molecule has 0 saturated carbocycles. The fourth-order valence-electron chi connectivity index (χ4n) is 2.60. The molecule has 0 bridgehead atoms. The van der Waals surface area contributed by atoms with Crippen molar-refractivity contribution >= 4 is 16.6 Å². The molecule has 0 saturated heterocycles. The van der Waals surface area contributed by atoms with Crippen LogP contribution in [0.3, 0.4) is 0 Å². The van der Waals surface area contributed by atoms with Gasteiger partial charge in [-0.25, -0.2) is 0 Å². The molecule has 3 rings (SSSR count). The van der Waals surface area contributed by atoms with Crippen molar-refractivity contribution in [1.82, 2.24) is 4.57 Å². The first-order valence-electron chi connectivity index (χ1n) is 7.13. The smallest absolute Gasteiger partial charge is 0.118 e. The van der Waals surface area contributed by atoms with Gasteiger partial charge in [0.25, 0.3) is 0 Å². The lowest BCUT2D eigenvalue weighted by Gasteiger charge is -2.16. The van der Waals surface area contributed by atoms with Crippen LogP contribution < -0.4 is 10.1 Å². The maximum absolute atomic E-state index is 5.19. The maximum Gasteiger partial charge on any atom is 0.118 e. The Hall–Kier alpha value is -2.42. The van der Waals surface area contributed by atoms with Gasteiger partial charge in [-0.3, -0.25) is 0 Å².